The smallest absolute Gasteiger partial charge is 0.115 e. The van der Waals surface area contributed by atoms with Gasteiger partial charge in [0, 0.05) is 31.9 Å². The third kappa shape index (κ3) is 4.54. The van der Waals surface area contributed by atoms with Crippen LogP contribution in [0.3, 0.4) is 0 Å². The number of azo groups is 1. The summed E-state index contributed by atoms with van der Waals surface area (Å²) in [5, 5.41) is 17.5. The molecule has 5 N–H and O–H groups in total. The third-order valence-electron chi connectivity index (χ3n) is 3.14. The van der Waals surface area contributed by atoms with Gasteiger partial charge in [0.15, 0.2) is 0 Å². The van der Waals surface area contributed by atoms with Crippen LogP contribution in [0.25, 0.3) is 0 Å². The molecule has 0 unspecified atom stereocenters. The molecule has 0 bridgehead atoms. The fourth-order valence-corrected chi connectivity index (χ4v) is 2.05. The molecule has 6 nitrogen and oxygen atoms in total. The predicted octanol–water partition coefficient (Wildman–Crippen LogP) is 2.53. The van der Waals surface area contributed by atoms with Gasteiger partial charge in [0.1, 0.15) is 5.75 Å². The number of phenolic OH excluding ortho intramolecular Hbond substituents is 1. The Morgan fingerprint density at radius 1 is 0.773 bits per heavy atom. The lowest BCUT2D eigenvalue weighted by atomic mass is 10.2. The summed E-state index contributed by atoms with van der Waals surface area (Å²) >= 11 is 0. The molecule has 116 valence electrons. The SMILES string of the molecule is NCCN(CCN)c1ccc(/N=N/c2ccc(O)cc2)cc1. The largest absolute Gasteiger partial charge is 0.508 e. The Hall–Kier alpha value is -2.44. The number of benzene rings is 2. The Kier molecular flexibility index (Phi) is 5.88. The highest BCUT2D eigenvalue weighted by atomic mass is 16.3. The summed E-state index contributed by atoms with van der Waals surface area (Å²) < 4.78 is 0. The van der Waals surface area contributed by atoms with Crippen LogP contribution >= 0.6 is 0 Å². The van der Waals surface area contributed by atoms with Crippen molar-refractivity contribution in [2.75, 3.05) is 31.1 Å². The van der Waals surface area contributed by atoms with Gasteiger partial charge in [0.2, 0.25) is 0 Å². The Balaban J connectivity index is 2.06. The second-order valence-corrected chi connectivity index (χ2v) is 4.80. The van der Waals surface area contributed by atoms with E-state index in [9.17, 15) is 5.11 Å². The zero-order valence-electron chi connectivity index (χ0n) is 12.4. The molecular formula is C16H21N5O. The first kappa shape index (κ1) is 15.9. The molecule has 0 saturated heterocycles. The zero-order chi connectivity index (χ0) is 15.8. The quantitative estimate of drug-likeness (QED) is 0.684. The minimum Gasteiger partial charge on any atom is -0.508 e. The first-order valence-corrected chi connectivity index (χ1v) is 7.19. The molecule has 0 heterocycles. The summed E-state index contributed by atoms with van der Waals surface area (Å²) in [5.41, 5.74) is 13.8. The van der Waals surface area contributed by atoms with E-state index in [0.717, 1.165) is 24.5 Å². The van der Waals surface area contributed by atoms with Crippen molar-refractivity contribution in [1.29, 1.82) is 0 Å². The number of rotatable bonds is 7. The maximum Gasteiger partial charge on any atom is 0.115 e. The highest BCUT2D eigenvalue weighted by Crippen LogP contribution is 2.23. The van der Waals surface area contributed by atoms with Crippen LogP contribution in [0.1, 0.15) is 0 Å². The summed E-state index contributed by atoms with van der Waals surface area (Å²) in [4.78, 5) is 2.14. The Bertz CT molecular complexity index is 589. The van der Waals surface area contributed by atoms with E-state index < -0.39 is 0 Å². The second-order valence-electron chi connectivity index (χ2n) is 4.80. The normalized spacial score (nSPS) is 11.0. The summed E-state index contributed by atoms with van der Waals surface area (Å²) in [6.07, 6.45) is 0. The number of nitrogens with two attached hydrogens (primary N) is 2. The third-order valence-corrected chi connectivity index (χ3v) is 3.14. The summed E-state index contributed by atoms with van der Waals surface area (Å²) in [5.74, 6) is 0.211. The molecule has 0 saturated carbocycles. The van der Waals surface area contributed by atoms with Crippen molar-refractivity contribution >= 4 is 17.1 Å². The van der Waals surface area contributed by atoms with Crippen molar-refractivity contribution < 1.29 is 5.11 Å². The molecule has 0 atom stereocenters. The predicted molar refractivity (Wildman–Crippen MR) is 89.0 cm³/mol. The molecule has 2 aromatic carbocycles. The lowest BCUT2D eigenvalue weighted by molar-refractivity contribution is 0.475. The minimum absolute atomic E-state index is 0.211. The number of hydrogen-bond acceptors (Lipinski definition) is 6. The number of hydrogen-bond donors (Lipinski definition) is 3. The van der Waals surface area contributed by atoms with Crippen molar-refractivity contribution in [2.45, 2.75) is 0 Å². The molecule has 0 radical (unpaired) electrons. The first-order chi connectivity index (χ1) is 10.7. The lowest BCUT2D eigenvalue weighted by Crippen LogP contribution is -2.33. The van der Waals surface area contributed by atoms with Gasteiger partial charge in [-0.1, -0.05) is 0 Å². The van der Waals surface area contributed by atoms with Gasteiger partial charge >= 0.3 is 0 Å². The van der Waals surface area contributed by atoms with Gasteiger partial charge < -0.3 is 21.5 Å². The molecule has 0 fully saturated rings. The Morgan fingerprint density at radius 3 is 1.68 bits per heavy atom. The Morgan fingerprint density at radius 2 is 1.23 bits per heavy atom. The number of nitrogens with zero attached hydrogens (tertiary/aromatic N) is 3. The van der Waals surface area contributed by atoms with E-state index in [1.165, 1.54) is 0 Å². The van der Waals surface area contributed by atoms with Crippen molar-refractivity contribution in [3.05, 3.63) is 48.5 Å². The van der Waals surface area contributed by atoms with Crippen molar-refractivity contribution in [2.24, 2.45) is 21.7 Å². The standard InChI is InChI=1S/C16H21N5O/c17-9-11-21(12-10-18)15-5-1-13(2-6-15)19-20-14-3-7-16(22)8-4-14/h1-8,22H,9-12,17-18H2/b20-19+. The molecule has 0 amide bonds. The molecule has 2 aromatic rings. The van der Waals surface area contributed by atoms with Gasteiger partial charge in [-0.05, 0) is 48.5 Å². The van der Waals surface area contributed by atoms with Gasteiger partial charge in [0.25, 0.3) is 0 Å². The summed E-state index contributed by atoms with van der Waals surface area (Å²) in [6.45, 7) is 2.71. The zero-order valence-corrected chi connectivity index (χ0v) is 12.4. The summed E-state index contributed by atoms with van der Waals surface area (Å²) in [6, 6.07) is 14.3. The number of anilines is 1. The Labute approximate surface area is 130 Å². The lowest BCUT2D eigenvalue weighted by Gasteiger charge is -2.23. The molecule has 0 aromatic heterocycles. The molecular weight excluding hydrogens is 278 g/mol. The van der Waals surface area contributed by atoms with E-state index in [1.807, 2.05) is 24.3 Å². The van der Waals surface area contributed by atoms with E-state index in [0.29, 0.717) is 18.8 Å². The monoisotopic (exact) mass is 299 g/mol. The van der Waals surface area contributed by atoms with Crippen LogP contribution in [-0.4, -0.2) is 31.3 Å². The van der Waals surface area contributed by atoms with Crippen LogP contribution in [0.5, 0.6) is 5.75 Å². The van der Waals surface area contributed by atoms with Gasteiger partial charge in [-0.2, -0.15) is 10.2 Å². The van der Waals surface area contributed by atoms with Gasteiger partial charge in [-0.25, -0.2) is 0 Å². The van der Waals surface area contributed by atoms with E-state index in [-0.39, 0.29) is 5.75 Å². The van der Waals surface area contributed by atoms with Crippen molar-refractivity contribution in [1.82, 2.24) is 0 Å². The van der Waals surface area contributed by atoms with E-state index in [2.05, 4.69) is 15.1 Å². The van der Waals surface area contributed by atoms with Crippen LogP contribution < -0.4 is 16.4 Å². The minimum atomic E-state index is 0.211. The molecule has 0 aliphatic carbocycles. The fourth-order valence-electron chi connectivity index (χ4n) is 2.05. The van der Waals surface area contributed by atoms with Crippen LogP contribution in [0, 0.1) is 0 Å². The molecule has 0 aliphatic heterocycles. The average molecular weight is 299 g/mol. The van der Waals surface area contributed by atoms with E-state index in [1.54, 1.807) is 24.3 Å². The van der Waals surface area contributed by atoms with E-state index in [4.69, 9.17) is 11.5 Å². The topological polar surface area (TPSA) is 100 Å². The maximum absolute atomic E-state index is 9.22. The maximum atomic E-state index is 9.22. The second kappa shape index (κ2) is 8.11. The average Bonchev–Trinajstić information content (AvgIpc) is 2.55. The van der Waals surface area contributed by atoms with Gasteiger partial charge in [-0.15, -0.1) is 0 Å². The molecule has 22 heavy (non-hydrogen) atoms. The van der Waals surface area contributed by atoms with Crippen molar-refractivity contribution in [3.63, 3.8) is 0 Å². The first-order valence-electron chi connectivity index (χ1n) is 7.19. The van der Waals surface area contributed by atoms with E-state index >= 15 is 0 Å². The van der Waals surface area contributed by atoms with Gasteiger partial charge in [0.05, 0.1) is 11.4 Å². The highest BCUT2D eigenvalue weighted by molar-refractivity contribution is 5.53. The molecule has 0 spiro atoms. The molecule has 0 aliphatic rings. The highest BCUT2D eigenvalue weighted by Gasteiger charge is 2.04. The number of aromatic hydroxyl groups is 1. The fraction of sp³-hybridized carbons (Fsp3) is 0.250. The van der Waals surface area contributed by atoms with Crippen molar-refractivity contribution in [3.8, 4) is 5.75 Å². The molecule has 2 rings (SSSR count). The van der Waals surface area contributed by atoms with Crippen LogP contribution in [0.15, 0.2) is 58.8 Å². The van der Waals surface area contributed by atoms with Crippen LogP contribution in [0.4, 0.5) is 17.1 Å². The molecule has 6 heteroatoms. The van der Waals surface area contributed by atoms with Crippen LogP contribution in [-0.2, 0) is 0 Å². The summed E-state index contributed by atoms with van der Waals surface area (Å²) in [7, 11) is 0. The van der Waals surface area contributed by atoms with Gasteiger partial charge in [-0.3, -0.25) is 0 Å². The number of phenols is 1. The van der Waals surface area contributed by atoms with Crippen LogP contribution in [0.2, 0.25) is 0 Å².